The van der Waals surface area contributed by atoms with Crippen molar-refractivity contribution in [1.29, 1.82) is 0 Å². The van der Waals surface area contributed by atoms with Crippen LogP contribution >= 0.6 is 11.6 Å². The first-order valence-electron chi connectivity index (χ1n) is 8.77. The molecule has 1 saturated heterocycles. The van der Waals surface area contributed by atoms with Crippen LogP contribution in [0, 0.1) is 0 Å². The molecule has 1 atom stereocenters. The van der Waals surface area contributed by atoms with Crippen molar-refractivity contribution in [3.05, 3.63) is 53.6 Å². The minimum absolute atomic E-state index is 0.00179. The molecule has 0 bridgehead atoms. The van der Waals surface area contributed by atoms with Crippen molar-refractivity contribution < 1.29 is 9.53 Å². The number of amides is 1. The molecule has 2 aromatic carbocycles. The molecule has 0 spiro atoms. The molecule has 2 aromatic rings. The lowest BCUT2D eigenvalue weighted by Gasteiger charge is -2.38. The lowest BCUT2D eigenvalue weighted by molar-refractivity contribution is -0.120. The summed E-state index contributed by atoms with van der Waals surface area (Å²) in [4.78, 5) is 17.0. The Bertz CT molecular complexity index is 743. The Morgan fingerprint density at radius 3 is 2.38 bits per heavy atom. The average Bonchev–Trinajstić information content (AvgIpc) is 2.69. The Kier molecular flexibility index (Phi) is 6.01. The maximum atomic E-state index is 12.5. The molecule has 1 aliphatic rings. The van der Waals surface area contributed by atoms with Crippen LogP contribution in [-0.2, 0) is 4.79 Å². The van der Waals surface area contributed by atoms with Gasteiger partial charge in [0.1, 0.15) is 5.75 Å². The van der Waals surface area contributed by atoms with Crippen LogP contribution in [0.5, 0.6) is 5.75 Å². The second-order valence-corrected chi connectivity index (χ2v) is 6.80. The van der Waals surface area contributed by atoms with Crippen LogP contribution in [0.4, 0.5) is 11.4 Å². The van der Waals surface area contributed by atoms with E-state index in [2.05, 4.69) is 21.2 Å². The average molecular weight is 374 g/mol. The highest BCUT2D eigenvalue weighted by Crippen LogP contribution is 2.28. The smallest absolute Gasteiger partial charge is 0.241 e. The quantitative estimate of drug-likeness (QED) is 0.871. The van der Waals surface area contributed by atoms with Gasteiger partial charge < -0.3 is 15.0 Å². The summed E-state index contributed by atoms with van der Waals surface area (Å²) in [6.45, 7) is 5.32. The number of halogens is 1. The normalized spacial score (nSPS) is 16.2. The third kappa shape index (κ3) is 4.29. The van der Waals surface area contributed by atoms with E-state index in [1.165, 1.54) is 0 Å². The van der Waals surface area contributed by atoms with E-state index in [0.29, 0.717) is 5.02 Å². The molecule has 1 heterocycles. The lowest BCUT2D eigenvalue weighted by atomic mass is 10.2. The number of carbonyl (C=O) groups is 1. The van der Waals surface area contributed by atoms with Crippen LogP contribution in [0.3, 0.4) is 0 Å². The molecule has 3 rings (SSSR count). The van der Waals surface area contributed by atoms with Crippen LogP contribution in [0.25, 0.3) is 0 Å². The molecule has 1 aliphatic heterocycles. The van der Waals surface area contributed by atoms with Gasteiger partial charge in [-0.3, -0.25) is 9.69 Å². The Balaban J connectivity index is 1.57. The Labute approximate surface area is 159 Å². The molecule has 0 aliphatic carbocycles. The maximum absolute atomic E-state index is 12.5. The Morgan fingerprint density at radius 1 is 1.08 bits per heavy atom. The largest absolute Gasteiger partial charge is 0.495 e. The summed E-state index contributed by atoms with van der Waals surface area (Å²) < 4.78 is 5.46. The molecule has 0 unspecified atom stereocenters. The van der Waals surface area contributed by atoms with E-state index in [0.717, 1.165) is 43.3 Å². The molecule has 0 radical (unpaired) electrons. The van der Waals surface area contributed by atoms with Crippen LogP contribution in [0.1, 0.15) is 6.92 Å². The summed E-state index contributed by atoms with van der Waals surface area (Å²) >= 11 is 5.88. The number of ether oxygens (including phenoxy) is 1. The topological polar surface area (TPSA) is 44.8 Å². The standard InChI is InChI=1S/C20H24ClN3O2/c1-15(20(25)22-17-9-7-16(21)8-10-17)23-11-13-24(14-12-23)18-5-3-4-6-19(18)26-2/h3-10,15H,11-14H2,1-2H3,(H,22,25)/t15-/m0/s1. The number of para-hydroxylation sites is 2. The number of rotatable bonds is 5. The molecule has 1 N–H and O–H groups in total. The molecule has 1 fully saturated rings. The van der Waals surface area contributed by atoms with E-state index < -0.39 is 0 Å². The third-order valence-electron chi connectivity index (χ3n) is 4.78. The highest BCUT2D eigenvalue weighted by molar-refractivity contribution is 6.30. The Hall–Kier alpha value is -2.24. The first kappa shape index (κ1) is 18.5. The molecule has 0 aromatic heterocycles. The minimum atomic E-state index is -0.189. The number of methoxy groups -OCH3 is 1. The molecule has 138 valence electrons. The zero-order valence-electron chi connectivity index (χ0n) is 15.1. The molecular formula is C20H24ClN3O2. The summed E-state index contributed by atoms with van der Waals surface area (Å²) in [5.74, 6) is 0.882. The number of anilines is 2. The van der Waals surface area contributed by atoms with Gasteiger partial charge in [-0.05, 0) is 43.3 Å². The van der Waals surface area contributed by atoms with E-state index in [-0.39, 0.29) is 11.9 Å². The van der Waals surface area contributed by atoms with Crippen LogP contribution in [0.2, 0.25) is 5.02 Å². The van der Waals surface area contributed by atoms with Crippen molar-refractivity contribution in [2.24, 2.45) is 0 Å². The Morgan fingerprint density at radius 2 is 1.73 bits per heavy atom. The highest BCUT2D eigenvalue weighted by atomic mass is 35.5. The van der Waals surface area contributed by atoms with Gasteiger partial charge in [-0.25, -0.2) is 0 Å². The van der Waals surface area contributed by atoms with Gasteiger partial charge in [0, 0.05) is 36.9 Å². The lowest BCUT2D eigenvalue weighted by Crippen LogP contribution is -2.52. The number of benzene rings is 2. The predicted octanol–water partition coefficient (Wildman–Crippen LogP) is 3.50. The van der Waals surface area contributed by atoms with E-state index in [9.17, 15) is 4.79 Å². The predicted molar refractivity (Wildman–Crippen MR) is 106 cm³/mol. The molecule has 6 heteroatoms. The van der Waals surface area contributed by atoms with Crippen LogP contribution in [-0.4, -0.2) is 50.1 Å². The minimum Gasteiger partial charge on any atom is -0.495 e. The fraction of sp³-hybridized carbons (Fsp3) is 0.350. The number of hydrogen-bond acceptors (Lipinski definition) is 4. The molecule has 1 amide bonds. The fourth-order valence-corrected chi connectivity index (χ4v) is 3.31. The van der Waals surface area contributed by atoms with Crippen molar-refractivity contribution in [2.75, 3.05) is 43.5 Å². The van der Waals surface area contributed by atoms with Crippen molar-refractivity contribution in [3.63, 3.8) is 0 Å². The van der Waals surface area contributed by atoms with Crippen LogP contribution < -0.4 is 15.0 Å². The highest BCUT2D eigenvalue weighted by Gasteiger charge is 2.26. The number of nitrogens with zero attached hydrogens (tertiary/aromatic N) is 2. The van der Waals surface area contributed by atoms with E-state index in [1.807, 2.05) is 37.3 Å². The van der Waals surface area contributed by atoms with Crippen molar-refractivity contribution >= 4 is 28.9 Å². The summed E-state index contributed by atoms with van der Waals surface area (Å²) in [5, 5.41) is 3.61. The molecule has 0 saturated carbocycles. The summed E-state index contributed by atoms with van der Waals surface area (Å²) in [6, 6.07) is 15.0. The van der Waals surface area contributed by atoms with Crippen molar-refractivity contribution in [2.45, 2.75) is 13.0 Å². The summed E-state index contributed by atoms with van der Waals surface area (Å²) in [5.41, 5.74) is 1.87. The SMILES string of the molecule is COc1ccccc1N1CCN([C@@H](C)C(=O)Nc2ccc(Cl)cc2)CC1. The van der Waals surface area contributed by atoms with Gasteiger partial charge in [-0.2, -0.15) is 0 Å². The summed E-state index contributed by atoms with van der Waals surface area (Å²) in [7, 11) is 1.69. The van der Waals surface area contributed by atoms with Gasteiger partial charge >= 0.3 is 0 Å². The number of carbonyl (C=O) groups excluding carboxylic acids is 1. The van der Waals surface area contributed by atoms with Crippen molar-refractivity contribution in [1.82, 2.24) is 4.90 Å². The van der Waals surface area contributed by atoms with Gasteiger partial charge in [0.25, 0.3) is 0 Å². The van der Waals surface area contributed by atoms with Crippen LogP contribution in [0.15, 0.2) is 48.5 Å². The van der Waals surface area contributed by atoms with Gasteiger partial charge in [0.05, 0.1) is 18.8 Å². The van der Waals surface area contributed by atoms with Gasteiger partial charge in [0.2, 0.25) is 5.91 Å². The van der Waals surface area contributed by atoms with Gasteiger partial charge in [-0.1, -0.05) is 23.7 Å². The zero-order chi connectivity index (χ0) is 18.5. The maximum Gasteiger partial charge on any atom is 0.241 e. The monoisotopic (exact) mass is 373 g/mol. The second kappa shape index (κ2) is 8.43. The third-order valence-corrected chi connectivity index (χ3v) is 5.03. The van der Waals surface area contributed by atoms with Gasteiger partial charge in [0.15, 0.2) is 0 Å². The van der Waals surface area contributed by atoms with Crippen molar-refractivity contribution in [3.8, 4) is 5.75 Å². The van der Waals surface area contributed by atoms with E-state index in [1.54, 1.807) is 19.2 Å². The first-order valence-corrected chi connectivity index (χ1v) is 9.14. The number of piperazine rings is 1. The first-order chi connectivity index (χ1) is 12.6. The summed E-state index contributed by atoms with van der Waals surface area (Å²) in [6.07, 6.45) is 0. The molecule has 26 heavy (non-hydrogen) atoms. The fourth-order valence-electron chi connectivity index (χ4n) is 3.19. The van der Waals surface area contributed by atoms with Gasteiger partial charge in [-0.15, -0.1) is 0 Å². The number of nitrogens with one attached hydrogen (secondary N) is 1. The molecular weight excluding hydrogens is 350 g/mol. The van der Waals surface area contributed by atoms with E-state index >= 15 is 0 Å². The zero-order valence-corrected chi connectivity index (χ0v) is 15.9. The molecule has 5 nitrogen and oxygen atoms in total. The number of hydrogen-bond donors (Lipinski definition) is 1. The second-order valence-electron chi connectivity index (χ2n) is 6.37. The van der Waals surface area contributed by atoms with E-state index in [4.69, 9.17) is 16.3 Å².